The van der Waals surface area contributed by atoms with E-state index in [4.69, 9.17) is 0 Å². The van der Waals surface area contributed by atoms with Gasteiger partial charge in [-0.2, -0.15) is 0 Å². The fraction of sp³-hybridized carbons (Fsp3) is 0.476. The minimum atomic E-state index is -3.66. The van der Waals surface area contributed by atoms with Crippen LogP contribution in [0.1, 0.15) is 66.1 Å². The molecule has 0 radical (unpaired) electrons. The fourth-order valence-corrected chi connectivity index (χ4v) is 6.57. The Hall–Kier alpha value is -1.70. The molecule has 2 aromatic rings. The van der Waals surface area contributed by atoms with Gasteiger partial charge in [-0.3, -0.25) is 4.79 Å². The van der Waals surface area contributed by atoms with Gasteiger partial charge in [-0.15, -0.1) is 11.3 Å². The van der Waals surface area contributed by atoms with E-state index in [0.29, 0.717) is 5.56 Å². The Kier molecular flexibility index (Phi) is 5.85. The second kappa shape index (κ2) is 8.35. The number of likely N-dealkylation sites (tertiary alicyclic amines) is 1. The zero-order chi connectivity index (χ0) is 19.6. The van der Waals surface area contributed by atoms with Crippen molar-refractivity contribution in [2.24, 2.45) is 0 Å². The zero-order valence-electron chi connectivity index (χ0n) is 15.9. The highest BCUT2D eigenvalue weighted by Gasteiger charge is 2.28. The second-order valence-electron chi connectivity index (χ2n) is 7.63. The first-order valence-corrected chi connectivity index (χ1v) is 12.4. The van der Waals surface area contributed by atoms with E-state index in [0.717, 1.165) is 74.9 Å². The monoisotopic (exact) mass is 418 g/mol. The van der Waals surface area contributed by atoms with Crippen LogP contribution in [0.5, 0.6) is 0 Å². The van der Waals surface area contributed by atoms with Crippen molar-refractivity contribution in [3.05, 3.63) is 52.4 Å². The van der Waals surface area contributed by atoms with E-state index in [1.807, 2.05) is 23.1 Å². The van der Waals surface area contributed by atoms with Gasteiger partial charge in [0.2, 0.25) is 0 Å². The Morgan fingerprint density at radius 2 is 1.82 bits per heavy atom. The number of fused-ring (bicyclic) bond motifs is 1. The third-order valence-corrected chi connectivity index (χ3v) is 8.56. The normalized spacial score (nSPS) is 20.4. The van der Waals surface area contributed by atoms with Crippen LogP contribution < -0.4 is 4.72 Å². The van der Waals surface area contributed by atoms with Gasteiger partial charge in [0.25, 0.3) is 15.9 Å². The third kappa shape index (κ3) is 4.16. The summed E-state index contributed by atoms with van der Waals surface area (Å²) in [5.74, 6) is -0.0531. The van der Waals surface area contributed by atoms with Crippen LogP contribution in [0, 0.1) is 0 Å². The number of sulfonamides is 1. The molecule has 1 aromatic carbocycles. The van der Waals surface area contributed by atoms with Crippen molar-refractivity contribution in [1.82, 2.24) is 9.62 Å². The molecule has 0 saturated carbocycles. The van der Waals surface area contributed by atoms with Crippen LogP contribution in [-0.4, -0.2) is 32.3 Å². The fourth-order valence-electron chi connectivity index (χ4n) is 4.15. The molecule has 2 heterocycles. The summed E-state index contributed by atoms with van der Waals surface area (Å²) in [6.07, 6.45) is 7.09. The molecule has 5 nitrogen and oxygen atoms in total. The summed E-state index contributed by atoms with van der Waals surface area (Å²) in [4.78, 5) is 14.6. The summed E-state index contributed by atoms with van der Waals surface area (Å²) in [5.41, 5.74) is 2.76. The van der Waals surface area contributed by atoms with Crippen LogP contribution in [0.25, 0.3) is 0 Å². The maximum atomic E-state index is 13.0. The number of thiophene rings is 1. The lowest BCUT2D eigenvalue weighted by Gasteiger charge is -2.25. The van der Waals surface area contributed by atoms with Gasteiger partial charge in [-0.25, -0.2) is 13.1 Å². The number of carbonyl (C=O) groups is 1. The SMILES string of the molecule is O=C(c1csc(S(=O)(=O)NC2CCCc3ccccc32)c1)N1CCCCCC1. The molecular weight excluding hydrogens is 392 g/mol. The maximum absolute atomic E-state index is 13.0. The minimum absolute atomic E-state index is 0.0531. The van der Waals surface area contributed by atoms with Gasteiger partial charge in [0.15, 0.2) is 0 Å². The van der Waals surface area contributed by atoms with Crippen molar-refractivity contribution < 1.29 is 13.2 Å². The van der Waals surface area contributed by atoms with Crippen molar-refractivity contribution in [3.8, 4) is 0 Å². The molecule has 150 valence electrons. The molecule has 7 heteroatoms. The lowest BCUT2D eigenvalue weighted by atomic mass is 9.88. The van der Waals surface area contributed by atoms with E-state index >= 15 is 0 Å². The number of aryl methyl sites for hydroxylation is 1. The van der Waals surface area contributed by atoms with Crippen LogP contribution in [-0.2, 0) is 16.4 Å². The van der Waals surface area contributed by atoms with Gasteiger partial charge in [-0.05, 0) is 49.3 Å². The Bertz CT molecular complexity index is 944. The van der Waals surface area contributed by atoms with E-state index in [1.165, 1.54) is 11.6 Å². The molecule has 1 saturated heterocycles. The molecule has 0 spiro atoms. The minimum Gasteiger partial charge on any atom is -0.339 e. The van der Waals surface area contributed by atoms with Crippen LogP contribution in [0.15, 0.2) is 39.9 Å². The van der Waals surface area contributed by atoms with E-state index < -0.39 is 10.0 Å². The van der Waals surface area contributed by atoms with Crippen molar-refractivity contribution in [3.63, 3.8) is 0 Å². The summed E-state index contributed by atoms with van der Waals surface area (Å²) in [5, 5.41) is 1.68. The number of rotatable bonds is 4. The standard InChI is InChI=1S/C21H26N2O3S2/c24-21(23-12-5-1-2-6-13-23)17-14-20(27-15-17)28(25,26)22-19-11-7-9-16-8-3-4-10-18(16)19/h3-4,8,10,14-15,19,22H,1-2,5-7,9,11-13H2. The van der Waals surface area contributed by atoms with Gasteiger partial charge in [0.05, 0.1) is 5.56 Å². The van der Waals surface area contributed by atoms with Crippen LogP contribution in [0.4, 0.5) is 0 Å². The van der Waals surface area contributed by atoms with Crippen LogP contribution in [0.3, 0.4) is 0 Å². The molecule has 1 aliphatic carbocycles. The molecular formula is C21H26N2O3S2. The van der Waals surface area contributed by atoms with Gasteiger partial charge < -0.3 is 4.90 Å². The summed E-state index contributed by atoms with van der Waals surface area (Å²) >= 11 is 1.13. The van der Waals surface area contributed by atoms with Gasteiger partial charge in [-0.1, -0.05) is 37.1 Å². The molecule has 0 bridgehead atoms. The van der Waals surface area contributed by atoms with Crippen LogP contribution >= 0.6 is 11.3 Å². The summed E-state index contributed by atoms with van der Waals surface area (Å²) < 4.78 is 29.0. The van der Waals surface area contributed by atoms with E-state index in [2.05, 4.69) is 10.8 Å². The van der Waals surface area contributed by atoms with Crippen molar-refractivity contribution >= 4 is 27.3 Å². The lowest BCUT2D eigenvalue weighted by Crippen LogP contribution is -2.32. The molecule has 1 aliphatic heterocycles. The average molecular weight is 419 g/mol. The molecule has 1 N–H and O–H groups in total. The topological polar surface area (TPSA) is 66.5 Å². The Balaban J connectivity index is 1.51. The van der Waals surface area contributed by atoms with Crippen LogP contribution in [0.2, 0.25) is 0 Å². The Morgan fingerprint density at radius 3 is 2.61 bits per heavy atom. The predicted octanol–water partition coefficient (Wildman–Crippen LogP) is 4.12. The predicted molar refractivity (Wildman–Crippen MR) is 111 cm³/mol. The molecule has 2 aliphatic rings. The molecule has 4 rings (SSSR count). The molecule has 1 amide bonds. The first-order valence-electron chi connectivity index (χ1n) is 10.0. The van der Waals surface area contributed by atoms with Gasteiger partial charge in [0.1, 0.15) is 4.21 Å². The highest BCUT2D eigenvalue weighted by molar-refractivity contribution is 7.91. The lowest BCUT2D eigenvalue weighted by molar-refractivity contribution is 0.0762. The summed E-state index contributed by atoms with van der Waals surface area (Å²) in [6.45, 7) is 1.52. The number of benzene rings is 1. The summed E-state index contributed by atoms with van der Waals surface area (Å²) in [7, 11) is -3.66. The summed E-state index contributed by atoms with van der Waals surface area (Å²) in [6, 6.07) is 9.35. The molecule has 1 aromatic heterocycles. The van der Waals surface area contributed by atoms with E-state index in [-0.39, 0.29) is 16.2 Å². The number of nitrogens with zero attached hydrogens (tertiary/aromatic N) is 1. The number of amides is 1. The van der Waals surface area contributed by atoms with Crippen molar-refractivity contribution in [2.45, 2.75) is 55.2 Å². The van der Waals surface area contributed by atoms with Crippen molar-refractivity contribution in [2.75, 3.05) is 13.1 Å². The number of hydrogen-bond acceptors (Lipinski definition) is 4. The Labute approximate surface area is 170 Å². The number of hydrogen-bond donors (Lipinski definition) is 1. The molecule has 1 unspecified atom stereocenters. The smallest absolute Gasteiger partial charge is 0.254 e. The zero-order valence-corrected chi connectivity index (χ0v) is 17.5. The highest BCUT2D eigenvalue weighted by Crippen LogP contribution is 2.32. The van der Waals surface area contributed by atoms with E-state index in [9.17, 15) is 13.2 Å². The highest BCUT2D eigenvalue weighted by atomic mass is 32.2. The number of carbonyl (C=O) groups excluding carboxylic acids is 1. The largest absolute Gasteiger partial charge is 0.339 e. The Morgan fingerprint density at radius 1 is 1.07 bits per heavy atom. The third-order valence-electron chi connectivity index (χ3n) is 5.65. The maximum Gasteiger partial charge on any atom is 0.254 e. The average Bonchev–Trinajstić information content (AvgIpc) is 3.05. The number of nitrogens with one attached hydrogen (secondary N) is 1. The van der Waals surface area contributed by atoms with E-state index in [1.54, 1.807) is 5.38 Å². The quantitative estimate of drug-likeness (QED) is 0.812. The molecule has 28 heavy (non-hydrogen) atoms. The first-order chi connectivity index (χ1) is 13.5. The molecule has 1 fully saturated rings. The second-order valence-corrected chi connectivity index (χ2v) is 10.5. The molecule has 1 atom stereocenters. The van der Waals surface area contributed by atoms with Gasteiger partial charge in [0, 0.05) is 24.5 Å². The first kappa shape index (κ1) is 19.6. The van der Waals surface area contributed by atoms with Crippen molar-refractivity contribution in [1.29, 1.82) is 0 Å². The van der Waals surface area contributed by atoms with Gasteiger partial charge >= 0.3 is 0 Å².